The number of rotatable bonds is 5. The number of carbonyl (C=O) groups is 2. The van der Waals surface area contributed by atoms with Crippen LogP contribution < -0.4 is 5.32 Å². The van der Waals surface area contributed by atoms with Gasteiger partial charge >= 0.3 is 12.1 Å². The van der Waals surface area contributed by atoms with Gasteiger partial charge in [-0.05, 0) is 23.4 Å². The van der Waals surface area contributed by atoms with Crippen LogP contribution in [0.2, 0.25) is 0 Å². The van der Waals surface area contributed by atoms with Crippen LogP contribution in [0.5, 0.6) is 0 Å². The Morgan fingerprint density at radius 2 is 1.95 bits per heavy atom. The van der Waals surface area contributed by atoms with Gasteiger partial charge in [-0.25, -0.2) is 4.79 Å². The summed E-state index contributed by atoms with van der Waals surface area (Å²) in [5, 5.41) is 11.5. The van der Waals surface area contributed by atoms with E-state index in [2.05, 4.69) is 5.32 Å². The molecule has 0 aromatic heterocycles. The van der Waals surface area contributed by atoms with Gasteiger partial charge in [-0.15, -0.1) is 11.8 Å². The van der Waals surface area contributed by atoms with Crippen LogP contribution in [0.1, 0.15) is 29.8 Å². The lowest BCUT2D eigenvalue weighted by Gasteiger charge is -2.12. The van der Waals surface area contributed by atoms with Crippen molar-refractivity contribution in [3.8, 4) is 0 Å². The number of nitrogens with one attached hydrogen (secondary N) is 1. The van der Waals surface area contributed by atoms with E-state index < -0.39 is 29.2 Å². The van der Waals surface area contributed by atoms with Gasteiger partial charge in [0.2, 0.25) is 5.91 Å². The van der Waals surface area contributed by atoms with Gasteiger partial charge in [0.1, 0.15) is 0 Å². The number of benzene rings is 1. The smallest absolute Gasteiger partial charge is 0.416 e. The van der Waals surface area contributed by atoms with Crippen molar-refractivity contribution in [2.45, 2.75) is 25.3 Å². The lowest BCUT2D eigenvalue weighted by molar-refractivity contribution is -0.137. The maximum Gasteiger partial charge on any atom is 0.416 e. The normalized spacial score (nSPS) is 11.5. The number of halogens is 3. The number of carbonyl (C=O) groups excluding carboxylic acids is 1. The van der Waals surface area contributed by atoms with Crippen molar-refractivity contribution >= 4 is 29.3 Å². The highest BCUT2D eigenvalue weighted by molar-refractivity contribution is 8.00. The SMILES string of the molecule is CC(C)SCC(=O)Nc1ccc(C(F)(F)F)cc1C(=O)O. The number of hydrogen-bond donors (Lipinski definition) is 2. The third kappa shape index (κ3) is 5.30. The summed E-state index contributed by atoms with van der Waals surface area (Å²) in [6.07, 6.45) is -4.64. The first kappa shape index (κ1) is 17.4. The van der Waals surface area contributed by atoms with Gasteiger partial charge in [0, 0.05) is 0 Å². The molecule has 116 valence electrons. The number of hydrogen-bond acceptors (Lipinski definition) is 3. The lowest BCUT2D eigenvalue weighted by Crippen LogP contribution is -2.18. The molecule has 2 N–H and O–H groups in total. The van der Waals surface area contributed by atoms with Crippen LogP contribution in [0.3, 0.4) is 0 Å². The van der Waals surface area contributed by atoms with E-state index in [0.29, 0.717) is 6.07 Å². The summed E-state index contributed by atoms with van der Waals surface area (Å²) in [6, 6.07) is 2.19. The summed E-state index contributed by atoms with van der Waals surface area (Å²) in [4.78, 5) is 22.7. The molecular formula is C13H14F3NO3S. The molecule has 0 radical (unpaired) electrons. The summed E-state index contributed by atoms with van der Waals surface area (Å²) in [6.45, 7) is 3.78. The largest absolute Gasteiger partial charge is 0.478 e. The van der Waals surface area contributed by atoms with Crippen LogP contribution >= 0.6 is 11.8 Å². The average molecular weight is 321 g/mol. The van der Waals surface area contributed by atoms with Gasteiger partial charge in [0.25, 0.3) is 0 Å². The molecule has 1 amide bonds. The summed E-state index contributed by atoms with van der Waals surface area (Å²) < 4.78 is 37.7. The van der Waals surface area contributed by atoms with Crippen molar-refractivity contribution in [1.82, 2.24) is 0 Å². The number of carboxylic acid groups (broad SMARTS) is 1. The molecule has 21 heavy (non-hydrogen) atoms. The summed E-state index contributed by atoms with van der Waals surface area (Å²) in [5.41, 5.74) is -1.81. The third-order valence-corrected chi connectivity index (χ3v) is 3.49. The zero-order valence-corrected chi connectivity index (χ0v) is 12.1. The minimum atomic E-state index is -4.64. The van der Waals surface area contributed by atoms with Crippen LogP contribution in [0.4, 0.5) is 18.9 Å². The Kier molecular flexibility index (Phi) is 5.65. The molecule has 0 saturated carbocycles. The fourth-order valence-corrected chi connectivity index (χ4v) is 1.99. The van der Waals surface area contributed by atoms with E-state index in [4.69, 9.17) is 5.11 Å². The van der Waals surface area contributed by atoms with Crippen LogP contribution in [0.25, 0.3) is 0 Å². The molecule has 4 nitrogen and oxygen atoms in total. The monoisotopic (exact) mass is 321 g/mol. The molecule has 0 aliphatic heterocycles. The van der Waals surface area contributed by atoms with Gasteiger partial charge in [0.05, 0.1) is 22.6 Å². The van der Waals surface area contributed by atoms with Crippen LogP contribution in [-0.4, -0.2) is 28.0 Å². The second-order valence-corrected chi connectivity index (χ2v) is 6.04. The Morgan fingerprint density at radius 1 is 1.33 bits per heavy atom. The first-order chi connectivity index (χ1) is 9.61. The van der Waals surface area contributed by atoms with Crippen molar-refractivity contribution in [2.24, 2.45) is 0 Å². The van der Waals surface area contributed by atoms with Crippen LogP contribution in [0, 0.1) is 0 Å². The number of aromatic carboxylic acids is 1. The maximum absolute atomic E-state index is 12.6. The van der Waals surface area contributed by atoms with Crippen molar-refractivity contribution in [3.05, 3.63) is 29.3 Å². The zero-order valence-electron chi connectivity index (χ0n) is 11.3. The summed E-state index contributed by atoms with van der Waals surface area (Å²) in [5.74, 6) is -1.90. The fraction of sp³-hybridized carbons (Fsp3) is 0.385. The summed E-state index contributed by atoms with van der Waals surface area (Å²) >= 11 is 1.34. The molecular weight excluding hydrogens is 307 g/mol. The predicted molar refractivity (Wildman–Crippen MR) is 74.6 cm³/mol. The molecule has 0 fully saturated rings. The van der Waals surface area contributed by atoms with Gasteiger partial charge in [-0.3, -0.25) is 4.79 Å². The van der Waals surface area contributed by atoms with Crippen molar-refractivity contribution in [3.63, 3.8) is 0 Å². The molecule has 0 bridgehead atoms. The standard InChI is InChI=1S/C13H14F3NO3S/c1-7(2)21-6-11(18)17-10-4-3-8(13(14,15)16)5-9(10)12(19)20/h3-5,7H,6H2,1-2H3,(H,17,18)(H,19,20). The van der Waals surface area contributed by atoms with Gasteiger partial charge in [0.15, 0.2) is 0 Å². The molecule has 1 rings (SSSR count). The predicted octanol–water partition coefficient (Wildman–Crippen LogP) is 3.48. The molecule has 0 saturated heterocycles. The molecule has 0 atom stereocenters. The lowest BCUT2D eigenvalue weighted by atomic mass is 10.1. The Morgan fingerprint density at radius 3 is 2.43 bits per heavy atom. The minimum Gasteiger partial charge on any atom is -0.478 e. The molecule has 0 spiro atoms. The zero-order chi connectivity index (χ0) is 16.2. The Labute approximate surface area is 123 Å². The second kappa shape index (κ2) is 6.84. The molecule has 0 aliphatic carbocycles. The van der Waals surface area contributed by atoms with E-state index in [-0.39, 0.29) is 16.7 Å². The highest BCUT2D eigenvalue weighted by atomic mass is 32.2. The van der Waals surface area contributed by atoms with Crippen LogP contribution in [0.15, 0.2) is 18.2 Å². The number of amides is 1. The van der Waals surface area contributed by atoms with Crippen LogP contribution in [-0.2, 0) is 11.0 Å². The molecule has 8 heteroatoms. The first-order valence-electron chi connectivity index (χ1n) is 5.97. The number of carboxylic acids is 1. The molecule has 1 aromatic rings. The van der Waals surface area contributed by atoms with E-state index in [0.717, 1.165) is 12.1 Å². The summed E-state index contributed by atoms with van der Waals surface area (Å²) in [7, 11) is 0. The van der Waals surface area contributed by atoms with Crippen molar-refractivity contribution in [1.29, 1.82) is 0 Å². The Balaban J connectivity index is 2.97. The third-order valence-electron chi connectivity index (χ3n) is 2.40. The maximum atomic E-state index is 12.6. The van der Waals surface area contributed by atoms with Gasteiger partial charge < -0.3 is 10.4 Å². The van der Waals surface area contributed by atoms with E-state index in [1.807, 2.05) is 13.8 Å². The average Bonchev–Trinajstić information content (AvgIpc) is 2.35. The quantitative estimate of drug-likeness (QED) is 0.871. The first-order valence-corrected chi connectivity index (χ1v) is 7.02. The van der Waals surface area contributed by atoms with E-state index in [9.17, 15) is 22.8 Å². The van der Waals surface area contributed by atoms with Crippen molar-refractivity contribution in [2.75, 3.05) is 11.1 Å². The highest BCUT2D eigenvalue weighted by Gasteiger charge is 2.32. The van der Waals surface area contributed by atoms with Crippen molar-refractivity contribution < 1.29 is 27.9 Å². The number of anilines is 1. The Hall–Kier alpha value is -1.70. The second-order valence-electron chi connectivity index (χ2n) is 4.47. The molecule has 1 aromatic carbocycles. The topological polar surface area (TPSA) is 66.4 Å². The minimum absolute atomic E-state index is 0.0950. The Bertz CT molecular complexity index is 544. The van der Waals surface area contributed by atoms with E-state index in [1.54, 1.807) is 0 Å². The number of alkyl halides is 3. The van der Waals surface area contributed by atoms with E-state index >= 15 is 0 Å². The van der Waals surface area contributed by atoms with Gasteiger partial charge in [-0.1, -0.05) is 13.8 Å². The highest BCUT2D eigenvalue weighted by Crippen LogP contribution is 2.32. The van der Waals surface area contributed by atoms with Gasteiger partial charge in [-0.2, -0.15) is 13.2 Å². The van der Waals surface area contributed by atoms with E-state index in [1.165, 1.54) is 11.8 Å². The molecule has 0 aliphatic rings. The fourth-order valence-electron chi connectivity index (χ4n) is 1.44. The number of thioether (sulfide) groups is 1. The molecule has 0 heterocycles. The molecule has 0 unspecified atom stereocenters.